The molecular weight excluding hydrogens is 200 g/mol. The predicted molar refractivity (Wildman–Crippen MR) is 61.2 cm³/mol. The van der Waals surface area contributed by atoms with Crippen molar-refractivity contribution in [2.45, 2.75) is 19.6 Å². The number of rotatable bonds is 1. The molecule has 0 fully saturated rings. The maximum absolute atomic E-state index is 5.59. The SMILES string of the molecule is Cc1ccc(C2COCc3cncn32)cc1. The largest absolute Gasteiger partial charge is 0.373 e. The molecule has 0 saturated heterocycles. The predicted octanol–water partition coefficient (Wildman–Crippen LogP) is 2.31. The zero-order valence-corrected chi connectivity index (χ0v) is 9.26. The molecule has 1 aliphatic rings. The molecule has 3 heteroatoms. The average molecular weight is 214 g/mol. The number of imidazole rings is 1. The molecule has 16 heavy (non-hydrogen) atoms. The summed E-state index contributed by atoms with van der Waals surface area (Å²) in [7, 11) is 0. The summed E-state index contributed by atoms with van der Waals surface area (Å²) in [6.45, 7) is 3.50. The molecule has 1 atom stereocenters. The molecule has 2 heterocycles. The van der Waals surface area contributed by atoms with Gasteiger partial charge in [0.25, 0.3) is 0 Å². The Morgan fingerprint density at radius 3 is 2.94 bits per heavy atom. The molecule has 0 amide bonds. The molecule has 0 bridgehead atoms. The lowest BCUT2D eigenvalue weighted by molar-refractivity contribution is 0.0695. The van der Waals surface area contributed by atoms with Gasteiger partial charge in [-0.15, -0.1) is 0 Å². The third-order valence-electron chi connectivity index (χ3n) is 3.07. The first kappa shape index (κ1) is 9.60. The number of hydrogen-bond donors (Lipinski definition) is 0. The number of ether oxygens (including phenoxy) is 1. The van der Waals surface area contributed by atoms with Gasteiger partial charge < -0.3 is 9.30 Å². The molecule has 3 nitrogen and oxygen atoms in total. The third-order valence-corrected chi connectivity index (χ3v) is 3.07. The van der Waals surface area contributed by atoms with Crippen molar-refractivity contribution in [2.24, 2.45) is 0 Å². The highest BCUT2D eigenvalue weighted by molar-refractivity contribution is 5.26. The minimum Gasteiger partial charge on any atom is -0.373 e. The van der Waals surface area contributed by atoms with Crippen LogP contribution in [-0.4, -0.2) is 16.2 Å². The van der Waals surface area contributed by atoms with Gasteiger partial charge in [0.2, 0.25) is 0 Å². The first-order valence-electron chi connectivity index (χ1n) is 5.49. The van der Waals surface area contributed by atoms with Gasteiger partial charge in [-0.05, 0) is 12.5 Å². The van der Waals surface area contributed by atoms with Crippen molar-refractivity contribution in [1.82, 2.24) is 9.55 Å². The van der Waals surface area contributed by atoms with Crippen LogP contribution in [0, 0.1) is 6.92 Å². The summed E-state index contributed by atoms with van der Waals surface area (Å²) < 4.78 is 7.79. The van der Waals surface area contributed by atoms with Crippen LogP contribution in [0.4, 0.5) is 0 Å². The standard InChI is InChI=1S/C13H14N2O/c1-10-2-4-11(5-3-10)13-8-16-7-12-6-14-9-15(12)13/h2-6,9,13H,7-8H2,1H3. The van der Waals surface area contributed by atoms with E-state index in [2.05, 4.69) is 40.7 Å². The van der Waals surface area contributed by atoms with Crippen LogP contribution in [0.5, 0.6) is 0 Å². The van der Waals surface area contributed by atoms with Crippen LogP contribution in [0.2, 0.25) is 0 Å². The average Bonchev–Trinajstić information content (AvgIpc) is 2.78. The Morgan fingerprint density at radius 2 is 2.12 bits per heavy atom. The van der Waals surface area contributed by atoms with Crippen molar-refractivity contribution in [3.63, 3.8) is 0 Å². The van der Waals surface area contributed by atoms with Gasteiger partial charge in [-0.3, -0.25) is 0 Å². The lowest BCUT2D eigenvalue weighted by Gasteiger charge is -2.26. The fourth-order valence-electron chi connectivity index (χ4n) is 2.13. The van der Waals surface area contributed by atoms with Crippen molar-refractivity contribution in [3.8, 4) is 0 Å². The van der Waals surface area contributed by atoms with Crippen LogP contribution in [0.3, 0.4) is 0 Å². The molecule has 1 aliphatic heterocycles. The zero-order valence-electron chi connectivity index (χ0n) is 9.26. The Labute approximate surface area is 94.7 Å². The Bertz CT molecular complexity index is 487. The van der Waals surface area contributed by atoms with Crippen molar-refractivity contribution < 1.29 is 4.74 Å². The first-order chi connectivity index (χ1) is 7.84. The van der Waals surface area contributed by atoms with E-state index in [1.165, 1.54) is 11.1 Å². The molecule has 82 valence electrons. The summed E-state index contributed by atoms with van der Waals surface area (Å²) in [4.78, 5) is 4.18. The van der Waals surface area contributed by atoms with E-state index in [9.17, 15) is 0 Å². The quantitative estimate of drug-likeness (QED) is 0.728. The highest BCUT2D eigenvalue weighted by Crippen LogP contribution is 2.25. The lowest BCUT2D eigenvalue weighted by Crippen LogP contribution is -2.23. The number of aryl methyl sites for hydroxylation is 1. The molecule has 0 aliphatic carbocycles. The maximum atomic E-state index is 5.59. The Balaban J connectivity index is 2.00. The van der Waals surface area contributed by atoms with Gasteiger partial charge in [0.1, 0.15) is 0 Å². The number of benzene rings is 1. The third kappa shape index (κ3) is 1.53. The molecule has 1 aromatic heterocycles. The van der Waals surface area contributed by atoms with E-state index in [0.29, 0.717) is 6.61 Å². The Kier molecular flexibility index (Phi) is 2.26. The van der Waals surface area contributed by atoms with Gasteiger partial charge in [0.05, 0.1) is 37.5 Å². The van der Waals surface area contributed by atoms with Crippen LogP contribution < -0.4 is 0 Å². The van der Waals surface area contributed by atoms with E-state index in [1.807, 2.05) is 12.5 Å². The minimum absolute atomic E-state index is 0.270. The Morgan fingerprint density at radius 1 is 1.31 bits per heavy atom. The topological polar surface area (TPSA) is 27.1 Å². The van der Waals surface area contributed by atoms with Gasteiger partial charge in [-0.2, -0.15) is 0 Å². The summed E-state index contributed by atoms with van der Waals surface area (Å²) >= 11 is 0. The van der Waals surface area contributed by atoms with Crippen LogP contribution in [-0.2, 0) is 11.3 Å². The fourth-order valence-corrected chi connectivity index (χ4v) is 2.13. The molecule has 1 aromatic carbocycles. The highest BCUT2D eigenvalue weighted by Gasteiger charge is 2.21. The lowest BCUT2D eigenvalue weighted by atomic mass is 10.0. The van der Waals surface area contributed by atoms with Gasteiger partial charge in [-0.1, -0.05) is 29.8 Å². The molecular formula is C13H14N2O. The van der Waals surface area contributed by atoms with E-state index >= 15 is 0 Å². The van der Waals surface area contributed by atoms with E-state index < -0.39 is 0 Å². The van der Waals surface area contributed by atoms with Crippen molar-refractivity contribution in [1.29, 1.82) is 0 Å². The summed E-state index contributed by atoms with van der Waals surface area (Å²) in [6, 6.07) is 8.88. The van der Waals surface area contributed by atoms with Crippen LogP contribution in [0.25, 0.3) is 0 Å². The molecule has 1 unspecified atom stereocenters. The number of fused-ring (bicyclic) bond motifs is 1. The first-order valence-corrected chi connectivity index (χ1v) is 5.49. The molecule has 0 spiro atoms. The minimum atomic E-state index is 0.270. The van der Waals surface area contributed by atoms with Crippen LogP contribution in [0.1, 0.15) is 22.9 Å². The van der Waals surface area contributed by atoms with Crippen LogP contribution >= 0.6 is 0 Å². The molecule has 0 saturated carbocycles. The number of aromatic nitrogens is 2. The van der Waals surface area contributed by atoms with Crippen molar-refractivity contribution >= 4 is 0 Å². The van der Waals surface area contributed by atoms with E-state index in [1.54, 1.807) is 0 Å². The van der Waals surface area contributed by atoms with Gasteiger partial charge >= 0.3 is 0 Å². The van der Waals surface area contributed by atoms with Gasteiger partial charge in [0, 0.05) is 0 Å². The molecule has 3 rings (SSSR count). The molecule has 2 aromatic rings. The van der Waals surface area contributed by atoms with Gasteiger partial charge in [-0.25, -0.2) is 4.98 Å². The second-order valence-corrected chi connectivity index (χ2v) is 4.23. The highest BCUT2D eigenvalue weighted by atomic mass is 16.5. The van der Waals surface area contributed by atoms with E-state index in [-0.39, 0.29) is 6.04 Å². The zero-order chi connectivity index (χ0) is 11.0. The Hall–Kier alpha value is -1.61. The van der Waals surface area contributed by atoms with Crippen molar-refractivity contribution in [3.05, 3.63) is 53.6 Å². The summed E-state index contributed by atoms with van der Waals surface area (Å²) in [5.74, 6) is 0. The summed E-state index contributed by atoms with van der Waals surface area (Å²) in [5.41, 5.74) is 3.72. The smallest absolute Gasteiger partial charge is 0.0955 e. The molecule has 0 N–H and O–H groups in total. The number of nitrogens with zero attached hydrogens (tertiary/aromatic N) is 2. The maximum Gasteiger partial charge on any atom is 0.0955 e. The number of hydrogen-bond acceptors (Lipinski definition) is 2. The molecule has 0 radical (unpaired) electrons. The monoisotopic (exact) mass is 214 g/mol. The van der Waals surface area contributed by atoms with E-state index in [0.717, 1.165) is 12.3 Å². The fraction of sp³-hybridized carbons (Fsp3) is 0.308. The summed E-state index contributed by atoms with van der Waals surface area (Å²) in [6.07, 6.45) is 3.77. The van der Waals surface area contributed by atoms with Crippen LogP contribution in [0.15, 0.2) is 36.8 Å². The second kappa shape index (κ2) is 3.76. The normalized spacial score (nSPS) is 19.4. The van der Waals surface area contributed by atoms with Crippen molar-refractivity contribution in [2.75, 3.05) is 6.61 Å². The second-order valence-electron chi connectivity index (χ2n) is 4.23. The summed E-state index contributed by atoms with van der Waals surface area (Å²) in [5, 5.41) is 0. The van der Waals surface area contributed by atoms with E-state index in [4.69, 9.17) is 4.74 Å². The van der Waals surface area contributed by atoms with Gasteiger partial charge in [0.15, 0.2) is 0 Å².